The van der Waals surface area contributed by atoms with Crippen molar-refractivity contribution in [1.29, 1.82) is 0 Å². The minimum atomic E-state index is -0.473. The van der Waals surface area contributed by atoms with E-state index in [9.17, 15) is 9.59 Å². The van der Waals surface area contributed by atoms with E-state index in [1.165, 1.54) is 0 Å². The predicted octanol–water partition coefficient (Wildman–Crippen LogP) is 0.0339. The molecule has 1 aliphatic carbocycles. The molecule has 0 spiro atoms. The Morgan fingerprint density at radius 2 is 1.76 bits per heavy atom. The third-order valence-corrected chi connectivity index (χ3v) is 2.69. The van der Waals surface area contributed by atoms with E-state index >= 15 is 0 Å². The maximum absolute atomic E-state index is 11.4. The fourth-order valence-corrected chi connectivity index (χ4v) is 1.28. The van der Waals surface area contributed by atoms with Crippen molar-refractivity contribution in [2.45, 2.75) is 32.7 Å². The molecule has 6 heteroatoms. The molecule has 2 amide bonds. The van der Waals surface area contributed by atoms with Gasteiger partial charge in [0.15, 0.2) is 0 Å². The molecule has 1 saturated carbocycles. The zero-order chi connectivity index (χ0) is 12.1. The number of rotatable bonds is 6. The molecule has 4 N–H and O–H groups in total. The SMILES string of the molecule is CC(C)[C@@H](N)C(=O)NCCNC(=O)C1CC1.Cl. The molecule has 0 saturated heterocycles. The molecular weight excluding hydrogens is 242 g/mol. The van der Waals surface area contributed by atoms with Crippen molar-refractivity contribution >= 4 is 24.2 Å². The molecule has 17 heavy (non-hydrogen) atoms. The lowest BCUT2D eigenvalue weighted by molar-refractivity contribution is -0.124. The topological polar surface area (TPSA) is 84.2 Å². The number of carbonyl (C=O) groups is 2. The Morgan fingerprint density at radius 3 is 2.24 bits per heavy atom. The monoisotopic (exact) mass is 263 g/mol. The van der Waals surface area contributed by atoms with Crippen molar-refractivity contribution in [1.82, 2.24) is 10.6 Å². The number of amides is 2. The van der Waals surface area contributed by atoms with Gasteiger partial charge in [0.2, 0.25) is 11.8 Å². The van der Waals surface area contributed by atoms with Gasteiger partial charge in [0.25, 0.3) is 0 Å². The van der Waals surface area contributed by atoms with Crippen molar-refractivity contribution in [3.05, 3.63) is 0 Å². The number of carbonyl (C=O) groups excluding carboxylic acids is 2. The van der Waals surface area contributed by atoms with Gasteiger partial charge < -0.3 is 16.4 Å². The first kappa shape index (κ1) is 16.2. The summed E-state index contributed by atoms with van der Waals surface area (Å²) in [5.41, 5.74) is 5.66. The summed E-state index contributed by atoms with van der Waals surface area (Å²) in [4.78, 5) is 22.7. The second-order valence-corrected chi connectivity index (χ2v) is 4.63. The first-order chi connectivity index (χ1) is 7.52. The molecule has 1 aliphatic rings. The Kier molecular flexibility index (Phi) is 7.15. The lowest BCUT2D eigenvalue weighted by Gasteiger charge is -2.15. The first-order valence-electron chi connectivity index (χ1n) is 5.83. The van der Waals surface area contributed by atoms with E-state index in [0.717, 1.165) is 12.8 Å². The van der Waals surface area contributed by atoms with Crippen molar-refractivity contribution in [3.8, 4) is 0 Å². The Labute approximate surface area is 108 Å². The lowest BCUT2D eigenvalue weighted by atomic mass is 10.1. The van der Waals surface area contributed by atoms with Crippen LogP contribution in [0.2, 0.25) is 0 Å². The van der Waals surface area contributed by atoms with Crippen LogP contribution in [0.4, 0.5) is 0 Å². The molecule has 1 fully saturated rings. The van der Waals surface area contributed by atoms with E-state index in [4.69, 9.17) is 5.73 Å². The van der Waals surface area contributed by atoms with E-state index in [-0.39, 0.29) is 36.1 Å². The van der Waals surface area contributed by atoms with Crippen molar-refractivity contribution in [3.63, 3.8) is 0 Å². The number of hydrogen-bond acceptors (Lipinski definition) is 3. The molecule has 0 heterocycles. The van der Waals surface area contributed by atoms with Gasteiger partial charge in [-0.1, -0.05) is 13.8 Å². The summed E-state index contributed by atoms with van der Waals surface area (Å²) in [7, 11) is 0. The van der Waals surface area contributed by atoms with E-state index in [1.54, 1.807) is 0 Å². The smallest absolute Gasteiger partial charge is 0.237 e. The first-order valence-corrected chi connectivity index (χ1v) is 5.83. The van der Waals surface area contributed by atoms with Crippen LogP contribution in [-0.4, -0.2) is 30.9 Å². The van der Waals surface area contributed by atoms with Crippen LogP contribution in [0.15, 0.2) is 0 Å². The minimum absolute atomic E-state index is 0. The van der Waals surface area contributed by atoms with Gasteiger partial charge in [0.1, 0.15) is 0 Å². The predicted molar refractivity (Wildman–Crippen MR) is 68.8 cm³/mol. The van der Waals surface area contributed by atoms with Gasteiger partial charge >= 0.3 is 0 Å². The van der Waals surface area contributed by atoms with Gasteiger partial charge in [-0.15, -0.1) is 12.4 Å². The summed E-state index contributed by atoms with van der Waals surface area (Å²) in [6.07, 6.45) is 1.99. The van der Waals surface area contributed by atoms with Crippen LogP contribution in [0.25, 0.3) is 0 Å². The van der Waals surface area contributed by atoms with E-state index in [2.05, 4.69) is 10.6 Å². The zero-order valence-corrected chi connectivity index (χ0v) is 11.2. The van der Waals surface area contributed by atoms with E-state index in [1.807, 2.05) is 13.8 Å². The van der Waals surface area contributed by atoms with Crippen molar-refractivity contribution in [2.75, 3.05) is 13.1 Å². The summed E-state index contributed by atoms with van der Waals surface area (Å²) < 4.78 is 0. The van der Waals surface area contributed by atoms with E-state index in [0.29, 0.717) is 13.1 Å². The van der Waals surface area contributed by atoms with E-state index < -0.39 is 6.04 Å². The summed E-state index contributed by atoms with van der Waals surface area (Å²) in [5, 5.41) is 5.47. The van der Waals surface area contributed by atoms with Gasteiger partial charge in [0.05, 0.1) is 6.04 Å². The molecule has 0 aromatic rings. The fourth-order valence-electron chi connectivity index (χ4n) is 1.28. The van der Waals surface area contributed by atoms with Gasteiger partial charge in [-0.05, 0) is 18.8 Å². The molecule has 0 aliphatic heterocycles. The number of halogens is 1. The highest BCUT2D eigenvalue weighted by Crippen LogP contribution is 2.28. The third kappa shape index (κ3) is 5.89. The normalized spacial score (nSPS) is 16.0. The van der Waals surface area contributed by atoms with Gasteiger partial charge in [-0.25, -0.2) is 0 Å². The van der Waals surface area contributed by atoms with Gasteiger partial charge in [-0.2, -0.15) is 0 Å². The Bertz CT molecular complexity index is 267. The molecule has 100 valence electrons. The quantitative estimate of drug-likeness (QED) is 0.592. The Morgan fingerprint density at radius 1 is 1.24 bits per heavy atom. The van der Waals surface area contributed by atoms with Crippen LogP contribution in [-0.2, 0) is 9.59 Å². The maximum atomic E-state index is 11.4. The van der Waals surface area contributed by atoms with Crippen LogP contribution in [0, 0.1) is 11.8 Å². The van der Waals surface area contributed by atoms with Crippen LogP contribution in [0.3, 0.4) is 0 Å². The zero-order valence-electron chi connectivity index (χ0n) is 10.4. The molecule has 0 unspecified atom stereocenters. The summed E-state index contributed by atoms with van der Waals surface area (Å²) in [6, 6.07) is -0.473. The fraction of sp³-hybridized carbons (Fsp3) is 0.818. The Balaban J connectivity index is 0.00000256. The van der Waals surface area contributed by atoms with Crippen molar-refractivity contribution < 1.29 is 9.59 Å². The lowest BCUT2D eigenvalue weighted by Crippen LogP contribution is -2.46. The van der Waals surface area contributed by atoms with Crippen molar-refractivity contribution in [2.24, 2.45) is 17.6 Å². The summed E-state index contributed by atoms with van der Waals surface area (Å²) in [5.74, 6) is 0.285. The maximum Gasteiger partial charge on any atom is 0.237 e. The van der Waals surface area contributed by atoms with Gasteiger partial charge in [0, 0.05) is 19.0 Å². The molecule has 0 bridgehead atoms. The highest BCUT2D eigenvalue weighted by Gasteiger charge is 2.29. The van der Waals surface area contributed by atoms with Crippen LogP contribution in [0.1, 0.15) is 26.7 Å². The second-order valence-electron chi connectivity index (χ2n) is 4.63. The average molecular weight is 264 g/mol. The minimum Gasteiger partial charge on any atom is -0.354 e. The molecule has 0 radical (unpaired) electrons. The highest BCUT2D eigenvalue weighted by atomic mass is 35.5. The molecule has 1 atom stereocenters. The molecular formula is C11H22ClN3O2. The van der Waals surface area contributed by atoms with Crippen LogP contribution < -0.4 is 16.4 Å². The largest absolute Gasteiger partial charge is 0.354 e. The second kappa shape index (κ2) is 7.50. The number of nitrogens with two attached hydrogens (primary N) is 1. The molecule has 5 nitrogen and oxygen atoms in total. The summed E-state index contributed by atoms with van der Waals surface area (Å²) in [6.45, 7) is 4.72. The third-order valence-electron chi connectivity index (χ3n) is 2.69. The Hall–Kier alpha value is -0.810. The average Bonchev–Trinajstić information content (AvgIpc) is 3.05. The van der Waals surface area contributed by atoms with Gasteiger partial charge in [-0.3, -0.25) is 9.59 Å². The highest BCUT2D eigenvalue weighted by molar-refractivity contribution is 5.85. The molecule has 0 aromatic carbocycles. The summed E-state index contributed by atoms with van der Waals surface area (Å²) >= 11 is 0. The molecule has 1 rings (SSSR count). The number of nitrogens with one attached hydrogen (secondary N) is 2. The number of hydrogen-bond donors (Lipinski definition) is 3. The molecule has 0 aromatic heterocycles. The van der Waals surface area contributed by atoms with Crippen LogP contribution >= 0.6 is 12.4 Å². The van der Waals surface area contributed by atoms with Crippen LogP contribution in [0.5, 0.6) is 0 Å². The standard InChI is InChI=1S/C11H21N3O2.ClH/c1-7(2)9(12)11(16)14-6-5-13-10(15)8-3-4-8;/h7-9H,3-6,12H2,1-2H3,(H,13,15)(H,14,16);1H/t9-;/m1./s1.